The summed E-state index contributed by atoms with van der Waals surface area (Å²) in [5.74, 6) is 0.102. The SMILES string of the molecule is CCc1nc(N(C(N)=O)S(=O)(=O)N(c2cnn(C)c2)C2CCCN(C)C2)c(CC)s1. The Morgan fingerprint density at radius 1 is 1.33 bits per heavy atom. The maximum Gasteiger partial charge on any atom is 0.336 e. The molecule has 0 saturated carbocycles. The number of aromatic nitrogens is 3. The van der Waals surface area contributed by atoms with Crippen molar-refractivity contribution in [2.45, 2.75) is 45.6 Å². The minimum atomic E-state index is -4.35. The van der Waals surface area contributed by atoms with Gasteiger partial charge in [-0.15, -0.1) is 11.3 Å². The maximum atomic E-state index is 13.9. The molecular formula is C18H29N7O3S2. The Balaban J connectivity index is 2.14. The number of nitrogens with zero attached hydrogens (tertiary/aromatic N) is 6. The lowest BCUT2D eigenvalue weighted by Crippen LogP contribution is -2.56. The van der Waals surface area contributed by atoms with Crippen molar-refractivity contribution < 1.29 is 13.2 Å². The summed E-state index contributed by atoms with van der Waals surface area (Å²) in [7, 11) is -0.677. The van der Waals surface area contributed by atoms with Gasteiger partial charge in [0.2, 0.25) is 0 Å². The summed E-state index contributed by atoms with van der Waals surface area (Å²) < 4.78 is 31.3. The van der Waals surface area contributed by atoms with Gasteiger partial charge in [-0.2, -0.15) is 17.8 Å². The Kier molecular flexibility index (Phi) is 6.68. The van der Waals surface area contributed by atoms with Crippen LogP contribution in [0.4, 0.5) is 16.3 Å². The van der Waals surface area contributed by atoms with Gasteiger partial charge in [-0.3, -0.25) is 4.68 Å². The molecule has 1 aliphatic heterocycles. The second-order valence-corrected chi connectivity index (χ2v) is 10.2. The molecule has 1 fully saturated rings. The molecule has 0 aliphatic carbocycles. The van der Waals surface area contributed by atoms with Crippen LogP contribution in [-0.4, -0.2) is 60.3 Å². The molecule has 1 aliphatic rings. The van der Waals surface area contributed by atoms with Gasteiger partial charge in [0.1, 0.15) is 0 Å². The van der Waals surface area contributed by atoms with E-state index in [1.54, 1.807) is 13.2 Å². The summed E-state index contributed by atoms with van der Waals surface area (Å²) >= 11 is 1.40. The molecule has 10 nitrogen and oxygen atoms in total. The number of thiazole rings is 1. The Labute approximate surface area is 181 Å². The Morgan fingerprint density at radius 2 is 2.07 bits per heavy atom. The summed E-state index contributed by atoms with van der Waals surface area (Å²) in [5, 5.41) is 4.90. The molecule has 3 rings (SSSR count). The molecule has 166 valence electrons. The van der Waals surface area contributed by atoms with Crippen molar-refractivity contribution in [3.05, 3.63) is 22.3 Å². The summed E-state index contributed by atoms with van der Waals surface area (Å²) in [6, 6.07) is -1.43. The van der Waals surface area contributed by atoms with E-state index in [9.17, 15) is 13.2 Å². The largest absolute Gasteiger partial charge is 0.350 e. The van der Waals surface area contributed by atoms with Crippen molar-refractivity contribution in [1.29, 1.82) is 0 Å². The van der Waals surface area contributed by atoms with Gasteiger partial charge in [-0.1, -0.05) is 13.8 Å². The Hall–Kier alpha value is -2.18. The van der Waals surface area contributed by atoms with E-state index in [2.05, 4.69) is 15.0 Å². The van der Waals surface area contributed by atoms with Crippen molar-refractivity contribution in [2.24, 2.45) is 12.8 Å². The van der Waals surface area contributed by atoms with Crippen LogP contribution in [0.25, 0.3) is 0 Å². The number of likely N-dealkylation sites (tertiary alicyclic amines) is 1. The number of anilines is 2. The van der Waals surface area contributed by atoms with E-state index in [-0.39, 0.29) is 11.9 Å². The van der Waals surface area contributed by atoms with Crippen LogP contribution >= 0.6 is 11.3 Å². The first-order valence-corrected chi connectivity index (χ1v) is 12.2. The van der Waals surface area contributed by atoms with Gasteiger partial charge in [0.25, 0.3) is 0 Å². The molecule has 3 heterocycles. The van der Waals surface area contributed by atoms with Crippen LogP contribution in [0.1, 0.15) is 36.6 Å². The van der Waals surface area contributed by atoms with Crippen LogP contribution in [0.2, 0.25) is 0 Å². The van der Waals surface area contributed by atoms with Crippen molar-refractivity contribution in [3.8, 4) is 0 Å². The number of hydrogen-bond donors (Lipinski definition) is 1. The second-order valence-electron chi connectivity index (χ2n) is 7.40. The highest BCUT2D eigenvalue weighted by atomic mass is 32.2. The van der Waals surface area contributed by atoms with E-state index < -0.39 is 16.2 Å². The lowest BCUT2D eigenvalue weighted by molar-refractivity contribution is 0.252. The normalized spacial score (nSPS) is 17.8. The Bertz CT molecular complexity index is 1000. The summed E-state index contributed by atoms with van der Waals surface area (Å²) in [6.07, 6.45) is 5.83. The van der Waals surface area contributed by atoms with E-state index in [0.29, 0.717) is 40.7 Å². The highest BCUT2D eigenvalue weighted by Crippen LogP contribution is 2.33. The van der Waals surface area contributed by atoms with Gasteiger partial charge in [-0.05, 0) is 39.3 Å². The predicted molar refractivity (Wildman–Crippen MR) is 118 cm³/mol. The topological polar surface area (TPSA) is 118 Å². The van der Waals surface area contributed by atoms with Crippen molar-refractivity contribution >= 4 is 39.1 Å². The summed E-state index contributed by atoms with van der Waals surface area (Å²) in [4.78, 5) is 19.7. The minimum absolute atomic E-state index is 0.102. The van der Waals surface area contributed by atoms with Crippen LogP contribution < -0.4 is 14.3 Å². The molecule has 0 bridgehead atoms. The molecule has 0 aromatic carbocycles. The van der Waals surface area contributed by atoms with Crippen molar-refractivity contribution in [1.82, 2.24) is 19.7 Å². The predicted octanol–water partition coefficient (Wildman–Crippen LogP) is 1.73. The zero-order chi connectivity index (χ0) is 22.1. The van der Waals surface area contributed by atoms with Crippen LogP contribution in [0.15, 0.2) is 12.4 Å². The molecule has 2 aromatic heterocycles. The second kappa shape index (κ2) is 8.90. The highest BCUT2D eigenvalue weighted by molar-refractivity contribution is 7.95. The van der Waals surface area contributed by atoms with E-state index in [4.69, 9.17) is 5.73 Å². The molecule has 0 spiro atoms. The standard InChI is InChI=1S/C18H29N7O3S2/c1-5-15-17(21-16(6-2)29-15)25(18(19)26)30(27,28)24(14-10-20-23(4)12-14)13-8-7-9-22(3)11-13/h10,12-13H,5-9,11H2,1-4H3,(H2,19,26). The number of likely N-dealkylation sites (N-methyl/N-ethyl adjacent to an activating group) is 1. The number of rotatable bonds is 7. The molecule has 12 heteroatoms. The fraction of sp³-hybridized carbons (Fsp3) is 0.611. The number of urea groups is 1. The fourth-order valence-electron chi connectivity index (χ4n) is 3.73. The maximum absolute atomic E-state index is 13.9. The number of piperidine rings is 1. The number of hydrogen-bond acceptors (Lipinski definition) is 7. The van der Waals surface area contributed by atoms with Crippen LogP contribution in [0, 0.1) is 0 Å². The van der Waals surface area contributed by atoms with Gasteiger partial charge in [0.05, 0.1) is 27.8 Å². The first-order chi connectivity index (χ1) is 14.2. The molecule has 0 radical (unpaired) electrons. The van der Waals surface area contributed by atoms with Gasteiger partial charge in [-0.25, -0.2) is 14.1 Å². The zero-order valence-electron chi connectivity index (χ0n) is 17.8. The minimum Gasteiger partial charge on any atom is -0.350 e. The summed E-state index contributed by atoms with van der Waals surface area (Å²) in [6.45, 7) is 5.27. The molecule has 1 unspecified atom stereocenters. The highest BCUT2D eigenvalue weighted by Gasteiger charge is 2.42. The quantitative estimate of drug-likeness (QED) is 0.679. The molecule has 2 amide bonds. The fourth-order valence-corrected chi connectivity index (χ4v) is 6.41. The van der Waals surface area contributed by atoms with Gasteiger partial charge in [0.15, 0.2) is 5.82 Å². The molecule has 2 N–H and O–H groups in total. The number of carbonyl (C=O) groups is 1. The lowest BCUT2D eigenvalue weighted by atomic mass is 10.1. The monoisotopic (exact) mass is 455 g/mol. The smallest absolute Gasteiger partial charge is 0.336 e. The summed E-state index contributed by atoms with van der Waals surface area (Å²) in [5.41, 5.74) is 6.02. The van der Waals surface area contributed by atoms with E-state index >= 15 is 0 Å². The number of amides is 2. The van der Waals surface area contributed by atoms with Crippen LogP contribution in [0.5, 0.6) is 0 Å². The molecular weight excluding hydrogens is 426 g/mol. The number of carbonyl (C=O) groups excluding carboxylic acids is 1. The lowest BCUT2D eigenvalue weighted by Gasteiger charge is -2.39. The van der Waals surface area contributed by atoms with E-state index in [1.807, 2.05) is 20.9 Å². The number of nitrogens with two attached hydrogens (primary N) is 1. The van der Waals surface area contributed by atoms with Crippen LogP contribution in [-0.2, 0) is 30.1 Å². The third kappa shape index (κ3) is 4.30. The van der Waals surface area contributed by atoms with Gasteiger partial charge >= 0.3 is 16.2 Å². The van der Waals surface area contributed by atoms with Crippen molar-refractivity contribution in [2.75, 3.05) is 28.7 Å². The van der Waals surface area contributed by atoms with Crippen molar-refractivity contribution in [3.63, 3.8) is 0 Å². The number of primary amides is 1. The number of aryl methyl sites for hydroxylation is 3. The Morgan fingerprint density at radius 3 is 2.60 bits per heavy atom. The molecule has 1 atom stereocenters. The van der Waals surface area contributed by atoms with E-state index in [0.717, 1.165) is 18.0 Å². The zero-order valence-corrected chi connectivity index (χ0v) is 19.4. The molecule has 1 saturated heterocycles. The first kappa shape index (κ1) is 22.5. The third-order valence-corrected chi connectivity index (χ3v) is 8.25. The third-order valence-electron chi connectivity index (χ3n) is 5.09. The first-order valence-electron chi connectivity index (χ1n) is 9.98. The van der Waals surface area contributed by atoms with Gasteiger partial charge < -0.3 is 10.6 Å². The van der Waals surface area contributed by atoms with E-state index in [1.165, 1.54) is 26.5 Å². The average Bonchev–Trinajstić information content (AvgIpc) is 3.27. The van der Waals surface area contributed by atoms with Crippen LogP contribution in [0.3, 0.4) is 0 Å². The molecule has 2 aromatic rings. The van der Waals surface area contributed by atoms with Gasteiger partial charge in [0, 0.05) is 19.8 Å². The molecule has 30 heavy (non-hydrogen) atoms. The average molecular weight is 456 g/mol.